The van der Waals surface area contributed by atoms with Crippen LogP contribution in [0.5, 0.6) is 5.75 Å². The first-order valence-corrected chi connectivity index (χ1v) is 6.83. The molecule has 1 unspecified atom stereocenters. The summed E-state index contributed by atoms with van der Waals surface area (Å²) in [6.07, 6.45) is 1.08. The van der Waals surface area contributed by atoms with Crippen LogP contribution in [0.3, 0.4) is 0 Å². The van der Waals surface area contributed by atoms with Gasteiger partial charge in [-0.1, -0.05) is 6.07 Å². The van der Waals surface area contributed by atoms with E-state index in [0.717, 1.165) is 19.5 Å². The Hall–Kier alpha value is -1.59. The minimum absolute atomic E-state index is 0.245. The molecule has 5 nitrogen and oxygen atoms in total. The quantitative estimate of drug-likeness (QED) is 0.674. The number of carboxylic acids is 1. The molecular weight excluding hydrogens is 256 g/mol. The Balaban J connectivity index is 2.24. The lowest BCUT2D eigenvalue weighted by molar-refractivity contribution is 0.0696. The fourth-order valence-electron chi connectivity index (χ4n) is 1.75. The van der Waals surface area contributed by atoms with Gasteiger partial charge in [0.1, 0.15) is 12.4 Å². The molecule has 0 fully saturated rings. The molecular formula is C15H24N2O3. The van der Waals surface area contributed by atoms with Gasteiger partial charge in [-0.3, -0.25) is 0 Å². The first kappa shape index (κ1) is 16.5. The van der Waals surface area contributed by atoms with Gasteiger partial charge in [0.05, 0.1) is 5.56 Å². The normalized spacial score (nSPS) is 12.4. The molecule has 1 rings (SSSR count). The first-order chi connectivity index (χ1) is 9.49. The van der Waals surface area contributed by atoms with Crippen molar-refractivity contribution in [2.75, 3.05) is 33.8 Å². The maximum Gasteiger partial charge on any atom is 0.335 e. The number of carbonyl (C=O) groups is 1. The van der Waals surface area contributed by atoms with E-state index < -0.39 is 5.97 Å². The molecule has 5 heteroatoms. The van der Waals surface area contributed by atoms with Crippen molar-refractivity contribution in [2.45, 2.75) is 19.4 Å². The molecule has 112 valence electrons. The number of benzene rings is 1. The van der Waals surface area contributed by atoms with Crippen LogP contribution in [0.2, 0.25) is 0 Å². The molecule has 0 saturated heterocycles. The third-order valence-electron chi connectivity index (χ3n) is 2.95. The lowest BCUT2D eigenvalue weighted by atomic mass is 10.2. The van der Waals surface area contributed by atoms with E-state index in [1.807, 2.05) is 0 Å². The number of nitrogens with zero attached hydrogens (tertiary/aromatic N) is 1. The molecule has 20 heavy (non-hydrogen) atoms. The maximum absolute atomic E-state index is 10.8. The zero-order valence-corrected chi connectivity index (χ0v) is 12.4. The largest absolute Gasteiger partial charge is 0.492 e. The average Bonchev–Trinajstić information content (AvgIpc) is 2.41. The zero-order chi connectivity index (χ0) is 15.0. The average molecular weight is 280 g/mol. The first-order valence-electron chi connectivity index (χ1n) is 6.83. The van der Waals surface area contributed by atoms with Gasteiger partial charge in [-0.25, -0.2) is 4.79 Å². The highest BCUT2D eigenvalue weighted by Crippen LogP contribution is 2.12. The van der Waals surface area contributed by atoms with Gasteiger partial charge in [0.2, 0.25) is 0 Å². The Bertz CT molecular complexity index is 421. The molecule has 0 aliphatic carbocycles. The van der Waals surface area contributed by atoms with E-state index in [2.05, 4.69) is 31.2 Å². The van der Waals surface area contributed by atoms with Crippen molar-refractivity contribution >= 4 is 5.97 Å². The standard InChI is InChI=1S/C15H24N2O3/c1-12(7-9-17(2)3)16-8-10-20-14-6-4-5-13(11-14)15(18)19/h4-6,11-12,16H,7-10H2,1-3H3,(H,18,19). The summed E-state index contributed by atoms with van der Waals surface area (Å²) in [5.41, 5.74) is 0.245. The number of hydrogen-bond donors (Lipinski definition) is 2. The summed E-state index contributed by atoms with van der Waals surface area (Å²) in [7, 11) is 4.12. The topological polar surface area (TPSA) is 61.8 Å². The summed E-state index contributed by atoms with van der Waals surface area (Å²) < 4.78 is 5.54. The smallest absolute Gasteiger partial charge is 0.335 e. The Morgan fingerprint density at radius 1 is 1.45 bits per heavy atom. The van der Waals surface area contributed by atoms with Gasteiger partial charge in [0.15, 0.2) is 0 Å². The molecule has 1 aromatic rings. The van der Waals surface area contributed by atoms with Crippen molar-refractivity contribution in [3.05, 3.63) is 29.8 Å². The van der Waals surface area contributed by atoms with Crippen molar-refractivity contribution in [1.29, 1.82) is 0 Å². The number of aromatic carboxylic acids is 1. The van der Waals surface area contributed by atoms with E-state index in [1.165, 1.54) is 6.07 Å². The van der Waals surface area contributed by atoms with Gasteiger partial charge in [0, 0.05) is 12.6 Å². The number of ether oxygens (including phenoxy) is 1. The molecule has 0 heterocycles. The van der Waals surface area contributed by atoms with E-state index in [4.69, 9.17) is 9.84 Å². The second-order valence-corrected chi connectivity index (χ2v) is 5.13. The predicted molar refractivity (Wildman–Crippen MR) is 79.5 cm³/mol. The van der Waals surface area contributed by atoms with Crippen LogP contribution in [-0.4, -0.2) is 55.8 Å². The molecule has 0 bridgehead atoms. The van der Waals surface area contributed by atoms with E-state index in [9.17, 15) is 4.79 Å². The molecule has 1 aromatic carbocycles. The third kappa shape index (κ3) is 6.54. The fourth-order valence-corrected chi connectivity index (χ4v) is 1.75. The highest BCUT2D eigenvalue weighted by Gasteiger charge is 2.04. The SMILES string of the molecule is CC(CCN(C)C)NCCOc1cccc(C(=O)O)c1. The van der Waals surface area contributed by atoms with Crippen LogP contribution in [0.15, 0.2) is 24.3 Å². The van der Waals surface area contributed by atoms with E-state index in [-0.39, 0.29) is 5.56 Å². The maximum atomic E-state index is 10.8. The Morgan fingerprint density at radius 2 is 2.20 bits per heavy atom. The molecule has 2 N–H and O–H groups in total. The number of carboxylic acid groups (broad SMARTS) is 1. The number of rotatable bonds is 9. The van der Waals surface area contributed by atoms with Crippen molar-refractivity contribution in [3.63, 3.8) is 0 Å². The summed E-state index contributed by atoms with van der Waals surface area (Å²) in [6.45, 7) is 4.46. The minimum Gasteiger partial charge on any atom is -0.492 e. The van der Waals surface area contributed by atoms with Gasteiger partial charge >= 0.3 is 5.97 Å². The van der Waals surface area contributed by atoms with Gasteiger partial charge in [-0.2, -0.15) is 0 Å². The van der Waals surface area contributed by atoms with Crippen LogP contribution in [-0.2, 0) is 0 Å². The minimum atomic E-state index is -0.939. The third-order valence-corrected chi connectivity index (χ3v) is 2.95. The summed E-state index contributed by atoms with van der Waals surface area (Å²) in [5, 5.41) is 12.3. The van der Waals surface area contributed by atoms with Crippen LogP contribution in [0, 0.1) is 0 Å². The Kier molecular flexibility index (Phi) is 7.04. The summed E-state index contributed by atoms with van der Waals surface area (Å²) in [4.78, 5) is 13.0. The highest BCUT2D eigenvalue weighted by atomic mass is 16.5. The second-order valence-electron chi connectivity index (χ2n) is 5.13. The van der Waals surface area contributed by atoms with Crippen molar-refractivity contribution < 1.29 is 14.6 Å². The molecule has 1 atom stereocenters. The van der Waals surface area contributed by atoms with Crippen LogP contribution in [0.25, 0.3) is 0 Å². The lowest BCUT2D eigenvalue weighted by Gasteiger charge is -2.16. The Morgan fingerprint density at radius 3 is 2.85 bits per heavy atom. The number of hydrogen-bond acceptors (Lipinski definition) is 4. The van der Waals surface area contributed by atoms with Crippen molar-refractivity contribution in [2.24, 2.45) is 0 Å². The van der Waals surface area contributed by atoms with Crippen LogP contribution >= 0.6 is 0 Å². The molecule has 0 aromatic heterocycles. The van der Waals surface area contributed by atoms with Gasteiger partial charge < -0.3 is 20.1 Å². The predicted octanol–water partition coefficient (Wildman–Crippen LogP) is 1.69. The van der Waals surface area contributed by atoms with E-state index in [1.54, 1.807) is 18.2 Å². The highest BCUT2D eigenvalue weighted by molar-refractivity contribution is 5.87. The lowest BCUT2D eigenvalue weighted by Crippen LogP contribution is -2.32. The van der Waals surface area contributed by atoms with E-state index in [0.29, 0.717) is 18.4 Å². The second kappa shape index (κ2) is 8.55. The molecule has 0 amide bonds. The molecule has 0 saturated carbocycles. The summed E-state index contributed by atoms with van der Waals surface area (Å²) in [6, 6.07) is 6.98. The van der Waals surface area contributed by atoms with Crippen LogP contribution in [0.4, 0.5) is 0 Å². The van der Waals surface area contributed by atoms with Crippen molar-refractivity contribution in [1.82, 2.24) is 10.2 Å². The van der Waals surface area contributed by atoms with Crippen molar-refractivity contribution in [3.8, 4) is 5.75 Å². The monoisotopic (exact) mass is 280 g/mol. The fraction of sp³-hybridized carbons (Fsp3) is 0.533. The molecule has 0 aliphatic heterocycles. The zero-order valence-electron chi connectivity index (χ0n) is 12.4. The van der Waals surface area contributed by atoms with Gasteiger partial charge in [0.25, 0.3) is 0 Å². The molecule has 0 radical (unpaired) electrons. The van der Waals surface area contributed by atoms with E-state index >= 15 is 0 Å². The van der Waals surface area contributed by atoms with Gasteiger partial charge in [-0.05, 0) is 52.2 Å². The molecule has 0 aliphatic rings. The number of nitrogens with one attached hydrogen (secondary N) is 1. The summed E-state index contributed by atoms with van der Waals surface area (Å²) in [5.74, 6) is -0.349. The van der Waals surface area contributed by atoms with Crippen LogP contribution in [0.1, 0.15) is 23.7 Å². The molecule has 0 spiro atoms. The Labute approximate surface area is 120 Å². The van der Waals surface area contributed by atoms with Gasteiger partial charge in [-0.15, -0.1) is 0 Å². The summed E-state index contributed by atoms with van der Waals surface area (Å²) >= 11 is 0. The van der Waals surface area contributed by atoms with Crippen LogP contribution < -0.4 is 10.1 Å².